The van der Waals surface area contributed by atoms with Crippen LogP contribution in [0.15, 0.2) is 66.9 Å². The third-order valence-electron chi connectivity index (χ3n) is 5.01. The molecule has 1 aliphatic heterocycles. The highest BCUT2D eigenvalue weighted by molar-refractivity contribution is 5.88. The molecule has 1 aromatic heterocycles. The summed E-state index contributed by atoms with van der Waals surface area (Å²) in [4.78, 5) is 5.76. The van der Waals surface area contributed by atoms with Gasteiger partial charge in [-0.05, 0) is 42.2 Å². The van der Waals surface area contributed by atoms with Crippen molar-refractivity contribution in [2.24, 2.45) is 0 Å². The summed E-state index contributed by atoms with van der Waals surface area (Å²) >= 11 is 0. The first-order valence-electron chi connectivity index (χ1n) is 9.01. The number of aryl methyl sites for hydroxylation is 1. The highest BCUT2D eigenvalue weighted by Crippen LogP contribution is 2.23. The van der Waals surface area contributed by atoms with Crippen molar-refractivity contribution in [1.29, 1.82) is 0 Å². The van der Waals surface area contributed by atoms with Gasteiger partial charge in [0.2, 0.25) is 0 Å². The molecule has 0 saturated heterocycles. The summed E-state index contributed by atoms with van der Waals surface area (Å²) in [6.07, 6.45) is 10.0. The molecular weight excluding hydrogens is 304 g/mol. The average molecular weight is 328 g/mol. The summed E-state index contributed by atoms with van der Waals surface area (Å²) in [5.41, 5.74) is 6.67. The lowest BCUT2D eigenvalue weighted by atomic mass is 9.98. The quantitative estimate of drug-likeness (QED) is 0.690. The van der Waals surface area contributed by atoms with Crippen molar-refractivity contribution in [2.45, 2.75) is 13.3 Å². The minimum atomic E-state index is 0.999. The fraction of sp³-hybridized carbons (Fsp3) is 0.217. The number of aromatic amines is 1. The topological polar surface area (TPSA) is 19.0 Å². The second kappa shape index (κ2) is 7.12. The zero-order chi connectivity index (χ0) is 17.1. The monoisotopic (exact) mass is 328 g/mol. The van der Waals surface area contributed by atoms with Crippen LogP contribution in [0.2, 0.25) is 0 Å². The van der Waals surface area contributed by atoms with E-state index in [1.54, 1.807) is 0 Å². The van der Waals surface area contributed by atoms with Crippen LogP contribution in [0.25, 0.3) is 22.6 Å². The van der Waals surface area contributed by atoms with Crippen molar-refractivity contribution >= 4 is 22.6 Å². The van der Waals surface area contributed by atoms with Crippen LogP contribution in [-0.4, -0.2) is 29.5 Å². The molecule has 126 valence electrons. The lowest BCUT2D eigenvalue weighted by molar-refractivity contribution is 0.335. The van der Waals surface area contributed by atoms with Crippen molar-refractivity contribution in [2.75, 3.05) is 19.6 Å². The van der Waals surface area contributed by atoms with E-state index >= 15 is 0 Å². The summed E-state index contributed by atoms with van der Waals surface area (Å²) in [5, 5.41) is 1.29. The fourth-order valence-electron chi connectivity index (χ4n) is 3.49. The van der Waals surface area contributed by atoms with Crippen LogP contribution in [-0.2, 0) is 0 Å². The van der Waals surface area contributed by atoms with Gasteiger partial charge < -0.3 is 4.98 Å². The van der Waals surface area contributed by atoms with E-state index in [0.717, 1.165) is 26.1 Å². The molecule has 0 saturated carbocycles. The molecule has 0 amide bonds. The van der Waals surface area contributed by atoms with Crippen LogP contribution in [0, 0.1) is 6.92 Å². The Kier molecular flexibility index (Phi) is 4.53. The van der Waals surface area contributed by atoms with Gasteiger partial charge >= 0.3 is 0 Å². The van der Waals surface area contributed by atoms with Gasteiger partial charge in [-0.1, -0.05) is 60.2 Å². The summed E-state index contributed by atoms with van der Waals surface area (Å²) in [6, 6.07) is 17.4. The van der Waals surface area contributed by atoms with Gasteiger partial charge in [-0.3, -0.25) is 4.90 Å². The molecule has 1 N–H and O–H groups in total. The minimum absolute atomic E-state index is 0.999. The van der Waals surface area contributed by atoms with Crippen LogP contribution < -0.4 is 0 Å². The minimum Gasteiger partial charge on any atom is -0.361 e. The summed E-state index contributed by atoms with van der Waals surface area (Å²) in [5.74, 6) is 0. The van der Waals surface area contributed by atoms with Gasteiger partial charge in [0.1, 0.15) is 0 Å². The third-order valence-corrected chi connectivity index (χ3v) is 5.01. The predicted octanol–water partition coefficient (Wildman–Crippen LogP) is 5.28. The molecule has 0 atom stereocenters. The van der Waals surface area contributed by atoms with Crippen molar-refractivity contribution in [3.63, 3.8) is 0 Å². The molecular formula is C23H24N2. The zero-order valence-electron chi connectivity index (χ0n) is 14.7. The molecule has 25 heavy (non-hydrogen) atoms. The zero-order valence-corrected chi connectivity index (χ0v) is 14.7. The number of rotatable bonds is 4. The SMILES string of the molecule is Cc1ccc(C2=CCN(CC=Cc3cccc4[nH]ccc34)CC2)cc1. The van der Waals surface area contributed by atoms with Crippen molar-refractivity contribution in [3.8, 4) is 0 Å². The maximum atomic E-state index is 3.27. The number of H-pyrrole nitrogens is 1. The first kappa shape index (κ1) is 15.9. The van der Waals surface area contributed by atoms with E-state index in [4.69, 9.17) is 0 Å². The smallest absolute Gasteiger partial charge is 0.0459 e. The van der Waals surface area contributed by atoms with E-state index in [9.17, 15) is 0 Å². The summed E-state index contributed by atoms with van der Waals surface area (Å²) in [6.45, 7) is 5.29. The number of benzene rings is 2. The molecule has 1 aliphatic rings. The molecule has 0 spiro atoms. The standard InChI is InChI=1S/C23H24N2/c1-18-7-9-19(10-8-18)20-12-16-25(17-13-20)15-3-5-21-4-2-6-23-22(21)11-14-24-23/h2-12,14,24H,13,15-17H2,1H3. The summed E-state index contributed by atoms with van der Waals surface area (Å²) in [7, 11) is 0. The van der Waals surface area contributed by atoms with Gasteiger partial charge in [-0.25, -0.2) is 0 Å². The van der Waals surface area contributed by atoms with E-state index in [1.807, 2.05) is 6.20 Å². The van der Waals surface area contributed by atoms with Crippen molar-refractivity contribution < 1.29 is 0 Å². The highest BCUT2D eigenvalue weighted by Gasteiger charge is 2.11. The van der Waals surface area contributed by atoms with Crippen LogP contribution in [0.3, 0.4) is 0 Å². The highest BCUT2D eigenvalue weighted by atomic mass is 15.1. The average Bonchev–Trinajstić information content (AvgIpc) is 3.13. The normalized spacial score (nSPS) is 15.8. The molecule has 0 fully saturated rings. The lowest BCUT2D eigenvalue weighted by Crippen LogP contribution is -2.28. The lowest BCUT2D eigenvalue weighted by Gasteiger charge is -2.25. The van der Waals surface area contributed by atoms with Gasteiger partial charge in [0.05, 0.1) is 0 Å². The maximum absolute atomic E-state index is 3.27. The third kappa shape index (κ3) is 3.59. The van der Waals surface area contributed by atoms with E-state index < -0.39 is 0 Å². The predicted molar refractivity (Wildman–Crippen MR) is 108 cm³/mol. The Morgan fingerprint density at radius 3 is 2.76 bits per heavy atom. The Balaban J connectivity index is 1.38. The first-order valence-corrected chi connectivity index (χ1v) is 9.01. The Bertz CT molecular complexity index is 913. The Labute approximate surface area is 149 Å². The van der Waals surface area contributed by atoms with Gasteiger partial charge in [0.15, 0.2) is 0 Å². The van der Waals surface area contributed by atoms with Gasteiger partial charge in [-0.2, -0.15) is 0 Å². The molecule has 2 nitrogen and oxygen atoms in total. The number of hydrogen-bond donors (Lipinski definition) is 1. The van der Waals surface area contributed by atoms with Crippen molar-refractivity contribution in [1.82, 2.24) is 9.88 Å². The largest absolute Gasteiger partial charge is 0.361 e. The Morgan fingerprint density at radius 2 is 1.96 bits per heavy atom. The van der Waals surface area contributed by atoms with E-state index in [0.29, 0.717) is 0 Å². The van der Waals surface area contributed by atoms with E-state index in [1.165, 1.54) is 33.2 Å². The first-order chi connectivity index (χ1) is 12.3. The number of aromatic nitrogens is 1. The van der Waals surface area contributed by atoms with Crippen LogP contribution >= 0.6 is 0 Å². The maximum Gasteiger partial charge on any atom is 0.0459 e. The van der Waals surface area contributed by atoms with E-state index in [2.05, 4.69) is 83.6 Å². The fourth-order valence-corrected chi connectivity index (χ4v) is 3.49. The number of nitrogens with zero attached hydrogens (tertiary/aromatic N) is 1. The van der Waals surface area contributed by atoms with Crippen molar-refractivity contribution in [3.05, 3.63) is 83.6 Å². The number of hydrogen-bond acceptors (Lipinski definition) is 1. The molecule has 0 bridgehead atoms. The summed E-state index contributed by atoms with van der Waals surface area (Å²) < 4.78 is 0. The molecule has 0 aliphatic carbocycles. The Morgan fingerprint density at radius 1 is 1.08 bits per heavy atom. The van der Waals surface area contributed by atoms with Crippen LogP contribution in [0.1, 0.15) is 23.1 Å². The number of nitrogens with one attached hydrogen (secondary N) is 1. The second-order valence-corrected chi connectivity index (χ2v) is 6.79. The molecule has 0 radical (unpaired) electrons. The second-order valence-electron chi connectivity index (χ2n) is 6.79. The molecule has 0 unspecified atom stereocenters. The van der Waals surface area contributed by atoms with E-state index in [-0.39, 0.29) is 0 Å². The van der Waals surface area contributed by atoms with Crippen LogP contribution in [0.4, 0.5) is 0 Å². The molecule has 2 heteroatoms. The molecule has 3 aromatic rings. The molecule has 4 rings (SSSR count). The van der Waals surface area contributed by atoms with Crippen LogP contribution in [0.5, 0.6) is 0 Å². The van der Waals surface area contributed by atoms with Gasteiger partial charge in [0.25, 0.3) is 0 Å². The van der Waals surface area contributed by atoms with Gasteiger partial charge in [0, 0.05) is 36.7 Å². The van der Waals surface area contributed by atoms with Gasteiger partial charge in [-0.15, -0.1) is 0 Å². The molecule has 2 aromatic carbocycles. The Hall–Kier alpha value is -2.58. The molecule has 2 heterocycles. The number of fused-ring (bicyclic) bond motifs is 1.